The molecule has 0 saturated carbocycles. The zero-order chi connectivity index (χ0) is 41.5. The molecule has 0 spiro atoms. The Labute approximate surface area is 285 Å². The Hall–Kier alpha value is -5.98. The van der Waals surface area contributed by atoms with Gasteiger partial charge in [0.25, 0.3) is 0 Å². The molecule has 0 unspecified atom stereocenters. The summed E-state index contributed by atoms with van der Waals surface area (Å²) in [7, 11) is 0. The first-order chi connectivity index (χ1) is 28.2. The molecule has 0 aromatic heterocycles. The fourth-order valence-corrected chi connectivity index (χ4v) is 7.23. The van der Waals surface area contributed by atoms with Crippen LogP contribution in [0.25, 0.3) is 98.0 Å². The predicted molar refractivity (Wildman–Crippen MR) is 199 cm³/mol. The van der Waals surface area contributed by atoms with Crippen LogP contribution in [-0.2, 0) is 0 Å². The second kappa shape index (κ2) is 9.76. The van der Waals surface area contributed by atoms with Crippen LogP contribution in [0.15, 0.2) is 170 Å². The van der Waals surface area contributed by atoms with Crippen molar-refractivity contribution in [1.29, 1.82) is 0 Å². The maximum absolute atomic E-state index is 9.42. The zero-order valence-electron chi connectivity index (χ0n) is 37.2. The van der Waals surface area contributed by atoms with E-state index in [9.17, 15) is 5.48 Å². The molecular weight excluding hydrogens is 553 g/mol. The average molecular weight is 594 g/mol. The van der Waals surface area contributed by atoms with Gasteiger partial charge in [0.2, 0.25) is 0 Å². The van der Waals surface area contributed by atoms with E-state index in [-0.39, 0.29) is 32.7 Å². The standard InChI is InChI=1S/C46H28/c1-2-12-30(13-3-1)43-36-16-6-8-18-38(36)46(39-19-9-7-17-37(39)43)42-28-24-32-22-26-40-35(25-21-31-23-27-41(42)45(32)44(31)40)34-20-10-14-29-11-4-5-15-33(29)34/h1-28H/i1D,2D,3D,6D,7D,8D,9D,12D,13D,16D,17D,18D,19D. The lowest BCUT2D eigenvalue weighted by Crippen LogP contribution is -1.93. The Kier molecular flexibility index (Phi) is 3.36. The number of hydrogen-bond acceptors (Lipinski definition) is 0. The second-order valence-corrected chi connectivity index (χ2v) is 11.4. The zero-order valence-corrected chi connectivity index (χ0v) is 24.2. The minimum Gasteiger partial charge on any atom is -0.0622 e. The van der Waals surface area contributed by atoms with Gasteiger partial charge in [-0.15, -0.1) is 0 Å². The maximum Gasteiger partial charge on any atom is 0.0629 e. The van der Waals surface area contributed by atoms with Crippen LogP contribution in [-0.4, -0.2) is 0 Å². The van der Waals surface area contributed by atoms with Crippen LogP contribution < -0.4 is 0 Å². The maximum atomic E-state index is 9.42. The molecule has 0 nitrogen and oxygen atoms in total. The highest BCUT2D eigenvalue weighted by atomic mass is 14.2. The molecule has 0 fully saturated rings. The monoisotopic (exact) mass is 593 g/mol. The number of benzene rings is 10. The summed E-state index contributed by atoms with van der Waals surface area (Å²) in [6.07, 6.45) is 0. The van der Waals surface area contributed by atoms with Crippen molar-refractivity contribution in [3.8, 4) is 33.4 Å². The molecule has 46 heavy (non-hydrogen) atoms. The van der Waals surface area contributed by atoms with Gasteiger partial charge in [0, 0.05) is 0 Å². The van der Waals surface area contributed by atoms with E-state index in [1.807, 2.05) is 42.5 Å². The van der Waals surface area contributed by atoms with Gasteiger partial charge < -0.3 is 0 Å². The fourth-order valence-electron chi connectivity index (χ4n) is 7.23. The lowest BCUT2D eigenvalue weighted by atomic mass is 9.82. The Morgan fingerprint density at radius 3 is 1.48 bits per heavy atom. The van der Waals surface area contributed by atoms with Gasteiger partial charge in [0.1, 0.15) is 0 Å². The summed E-state index contributed by atoms with van der Waals surface area (Å²) in [5.74, 6) is 0. The molecule has 0 saturated heterocycles. The van der Waals surface area contributed by atoms with Gasteiger partial charge >= 0.3 is 0 Å². The molecule has 0 atom stereocenters. The van der Waals surface area contributed by atoms with Crippen LogP contribution in [0.4, 0.5) is 0 Å². The lowest BCUT2D eigenvalue weighted by Gasteiger charge is -2.20. The molecule has 0 aliphatic heterocycles. The van der Waals surface area contributed by atoms with Gasteiger partial charge in [-0.3, -0.25) is 0 Å². The average Bonchev–Trinajstić information content (AvgIpc) is 3.25. The summed E-state index contributed by atoms with van der Waals surface area (Å²) in [5.41, 5.74) is 1.86. The number of hydrogen-bond donors (Lipinski definition) is 0. The first kappa shape index (κ1) is 15.8. The second-order valence-electron chi connectivity index (χ2n) is 11.4. The molecule has 10 aromatic rings. The van der Waals surface area contributed by atoms with Crippen molar-refractivity contribution in [3.05, 3.63) is 170 Å². The molecule has 0 heteroatoms. The highest BCUT2D eigenvalue weighted by molar-refractivity contribution is 6.31. The SMILES string of the molecule is [2H]c1c([2H])c([2H])c(-c2c3c([2H])c([2H])c([2H])c([2H])c3c(-c3ccc4ccc5c(-c6cccc7ccccc67)ccc6ccc3c4c65)c3c([2H])c([2H])c([2H])c([2H])c23)c([2H])c1[2H]. The molecule has 0 heterocycles. The third-order valence-corrected chi connectivity index (χ3v) is 9.14. The van der Waals surface area contributed by atoms with Crippen molar-refractivity contribution in [2.24, 2.45) is 0 Å². The van der Waals surface area contributed by atoms with E-state index in [4.69, 9.17) is 12.3 Å². The summed E-state index contributed by atoms with van der Waals surface area (Å²) in [5, 5.41) is 6.76. The van der Waals surface area contributed by atoms with Gasteiger partial charge in [0.05, 0.1) is 17.8 Å². The van der Waals surface area contributed by atoms with Crippen molar-refractivity contribution < 1.29 is 17.8 Å². The molecule has 0 bridgehead atoms. The third kappa shape index (κ3) is 3.56. The fraction of sp³-hybridized carbons (Fsp3) is 0. The van der Waals surface area contributed by atoms with Gasteiger partial charge in [-0.1, -0.05) is 170 Å². The van der Waals surface area contributed by atoms with E-state index in [2.05, 4.69) is 42.5 Å². The molecule has 0 aliphatic rings. The Bertz CT molecular complexity index is 3420. The van der Waals surface area contributed by atoms with Crippen LogP contribution in [0.3, 0.4) is 0 Å². The quantitative estimate of drug-likeness (QED) is 0.141. The lowest BCUT2D eigenvalue weighted by molar-refractivity contribution is 1.66. The summed E-state index contributed by atoms with van der Waals surface area (Å²) in [4.78, 5) is 0. The van der Waals surface area contributed by atoms with E-state index < -0.39 is 84.1 Å². The van der Waals surface area contributed by atoms with Crippen molar-refractivity contribution in [2.75, 3.05) is 0 Å². The van der Waals surface area contributed by atoms with E-state index >= 15 is 0 Å². The minimum absolute atomic E-state index is 0.109. The molecule has 0 N–H and O–H groups in total. The first-order valence-electron chi connectivity index (χ1n) is 21.5. The molecular formula is C46H28. The topological polar surface area (TPSA) is 0 Å². The largest absolute Gasteiger partial charge is 0.0629 e. The summed E-state index contributed by atoms with van der Waals surface area (Å²) in [6.45, 7) is 0. The highest BCUT2D eigenvalue weighted by Gasteiger charge is 2.20. The van der Waals surface area contributed by atoms with E-state index in [0.717, 1.165) is 48.8 Å². The molecule has 10 aromatic carbocycles. The van der Waals surface area contributed by atoms with E-state index in [1.54, 1.807) is 6.07 Å². The van der Waals surface area contributed by atoms with Crippen LogP contribution in [0.1, 0.15) is 17.8 Å². The Morgan fingerprint density at radius 1 is 0.304 bits per heavy atom. The smallest absolute Gasteiger partial charge is 0.0622 e. The van der Waals surface area contributed by atoms with Crippen LogP contribution in [0.2, 0.25) is 0 Å². The summed E-state index contributed by atoms with van der Waals surface area (Å²) < 4.78 is 116. The number of rotatable bonds is 3. The predicted octanol–water partition coefficient (Wildman–Crippen LogP) is 13.0. The van der Waals surface area contributed by atoms with Gasteiger partial charge in [0.15, 0.2) is 0 Å². The van der Waals surface area contributed by atoms with Crippen LogP contribution in [0, 0.1) is 0 Å². The molecule has 0 radical (unpaired) electrons. The van der Waals surface area contributed by atoms with E-state index in [1.165, 1.54) is 0 Å². The van der Waals surface area contributed by atoms with Gasteiger partial charge in [-0.2, -0.15) is 0 Å². The summed E-state index contributed by atoms with van der Waals surface area (Å²) in [6, 6.07) is 22.0. The minimum atomic E-state index is -0.706. The van der Waals surface area contributed by atoms with Gasteiger partial charge in [-0.25, -0.2) is 0 Å². The number of fused-ring (bicyclic) bond motifs is 3. The van der Waals surface area contributed by atoms with E-state index in [0.29, 0.717) is 10.9 Å². The third-order valence-electron chi connectivity index (χ3n) is 9.14. The highest BCUT2D eigenvalue weighted by Crippen LogP contribution is 2.48. The van der Waals surface area contributed by atoms with Crippen LogP contribution >= 0.6 is 0 Å². The van der Waals surface area contributed by atoms with Crippen molar-refractivity contribution >= 4 is 64.6 Å². The van der Waals surface area contributed by atoms with Gasteiger partial charge in [-0.05, 0) is 98.0 Å². The van der Waals surface area contributed by atoms with Crippen LogP contribution in [0.5, 0.6) is 0 Å². The molecule has 10 rings (SSSR count). The molecule has 212 valence electrons. The van der Waals surface area contributed by atoms with Crippen molar-refractivity contribution in [3.63, 3.8) is 0 Å². The van der Waals surface area contributed by atoms with Crippen molar-refractivity contribution in [2.45, 2.75) is 0 Å². The Morgan fingerprint density at radius 2 is 0.804 bits per heavy atom. The Balaban J connectivity index is 1.44. The van der Waals surface area contributed by atoms with Crippen molar-refractivity contribution in [1.82, 2.24) is 0 Å². The summed E-state index contributed by atoms with van der Waals surface area (Å²) >= 11 is 0. The molecule has 0 aliphatic carbocycles. The normalized spacial score (nSPS) is 15.9. The molecule has 0 amide bonds. The first-order valence-corrected chi connectivity index (χ1v) is 15.0.